The molecule has 1 nitrogen and oxygen atoms in total. The lowest BCUT2D eigenvalue weighted by molar-refractivity contribution is 0.569. The van der Waals surface area contributed by atoms with Crippen LogP contribution in [0.15, 0.2) is 0 Å². The highest BCUT2D eigenvalue weighted by Crippen LogP contribution is 2.29. The highest BCUT2D eigenvalue weighted by Gasteiger charge is 2.20. The van der Waals surface area contributed by atoms with E-state index >= 15 is 0 Å². The van der Waals surface area contributed by atoms with Crippen LogP contribution in [0.5, 0.6) is 0 Å². The molecule has 1 heterocycles. The number of hydrogen-bond acceptors (Lipinski definition) is 2. The van der Waals surface area contributed by atoms with Crippen molar-refractivity contribution in [1.29, 1.82) is 0 Å². The number of hydrogen-bond donors (Lipinski definition) is 0. The lowest BCUT2D eigenvalue weighted by Gasteiger charge is -2.15. The Bertz CT molecular complexity index is 260. The van der Waals surface area contributed by atoms with E-state index in [-0.39, 0.29) is 5.41 Å². The zero-order chi connectivity index (χ0) is 8.65. The van der Waals surface area contributed by atoms with E-state index in [2.05, 4.69) is 55.3 Å². The molecule has 0 saturated heterocycles. The zero-order valence-corrected chi connectivity index (χ0v) is 10.2. The molecule has 11 heavy (non-hydrogen) atoms. The van der Waals surface area contributed by atoms with Gasteiger partial charge < -0.3 is 0 Å². The molecule has 62 valence electrons. The van der Waals surface area contributed by atoms with Gasteiger partial charge in [-0.15, -0.1) is 11.3 Å². The molecule has 0 aliphatic heterocycles. The molecule has 0 saturated carbocycles. The summed E-state index contributed by atoms with van der Waals surface area (Å²) in [6.45, 7) is 8.65. The highest BCUT2D eigenvalue weighted by atomic mass is 127. The standard InChI is InChI=1S/C8H12INS/c1-5-10-6(7(9)11-5)8(2,3)4/h1-4H3. The molecule has 0 aromatic carbocycles. The molecule has 0 spiro atoms. The predicted octanol–water partition coefficient (Wildman–Crippen LogP) is 3.35. The van der Waals surface area contributed by atoms with E-state index in [1.807, 2.05) is 0 Å². The Morgan fingerprint density at radius 2 is 1.91 bits per heavy atom. The van der Waals surface area contributed by atoms with Crippen molar-refractivity contribution in [1.82, 2.24) is 4.98 Å². The van der Waals surface area contributed by atoms with Crippen molar-refractivity contribution in [3.63, 3.8) is 0 Å². The second-order valence-corrected chi connectivity index (χ2v) is 6.62. The van der Waals surface area contributed by atoms with Crippen molar-refractivity contribution in [2.45, 2.75) is 33.1 Å². The fraction of sp³-hybridized carbons (Fsp3) is 0.625. The summed E-state index contributed by atoms with van der Waals surface area (Å²) in [6, 6.07) is 0. The van der Waals surface area contributed by atoms with Crippen LogP contribution in [0, 0.1) is 9.81 Å². The van der Waals surface area contributed by atoms with E-state index in [1.54, 1.807) is 11.3 Å². The Kier molecular flexibility index (Phi) is 2.59. The second kappa shape index (κ2) is 3.01. The lowest BCUT2D eigenvalue weighted by atomic mass is 9.93. The van der Waals surface area contributed by atoms with Crippen molar-refractivity contribution < 1.29 is 0 Å². The van der Waals surface area contributed by atoms with E-state index in [0.717, 1.165) is 0 Å². The molecule has 0 aliphatic carbocycles. The molecule has 0 amide bonds. The van der Waals surface area contributed by atoms with Crippen molar-refractivity contribution >= 4 is 33.9 Å². The zero-order valence-electron chi connectivity index (χ0n) is 7.23. The highest BCUT2D eigenvalue weighted by molar-refractivity contribution is 14.1. The Morgan fingerprint density at radius 1 is 1.36 bits per heavy atom. The fourth-order valence-corrected chi connectivity index (χ4v) is 3.60. The molecular weight excluding hydrogens is 269 g/mol. The second-order valence-electron chi connectivity index (χ2n) is 3.61. The molecular formula is C8H12INS. The van der Waals surface area contributed by atoms with Crippen LogP contribution >= 0.6 is 33.9 Å². The smallest absolute Gasteiger partial charge is 0.0908 e. The number of aryl methyl sites for hydroxylation is 1. The number of halogens is 1. The topological polar surface area (TPSA) is 12.9 Å². The van der Waals surface area contributed by atoms with Gasteiger partial charge >= 0.3 is 0 Å². The maximum Gasteiger partial charge on any atom is 0.0908 e. The molecule has 0 radical (unpaired) electrons. The fourth-order valence-electron chi connectivity index (χ4n) is 0.865. The first-order valence-corrected chi connectivity index (χ1v) is 5.44. The lowest BCUT2D eigenvalue weighted by Crippen LogP contribution is -2.12. The molecule has 1 aromatic heterocycles. The molecule has 1 aromatic rings. The van der Waals surface area contributed by atoms with Gasteiger partial charge in [-0.05, 0) is 29.5 Å². The average Bonchev–Trinajstić information content (AvgIpc) is 2.08. The van der Waals surface area contributed by atoms with Crippen molar-refractivity contribution in [3.05, 3.63) is 13.6 Å². The summed E-state index contributed by atoms with van der Waals surface area (Å²) < 4.78 is 1.33. The molecule has 3 heteroatoms. The molecule has 1 rings (SSSR count). The van der Waals surface area contributed by atoms with Crippen LogP contribution in [0.2, 0.25) is 0 Å². The van der Waals surface area contributed by atoms with E-state index in [1.165, 1.54) is 13.6 Å². The number of nitrogens with zero attached hydrogens (tertiary/aromatic N) is 1. The summed E-state index contributed by atoms with van der Waals surface area (Å²) in [4.78, 5) is 4.49. The number of aromatic nitrogens is 1. The van der Waals surface area contributed by atoms with Crippen LogP contribution < -0.4 is 0 Å². The maximum atomic E-state index is 4.49. The minimum Gasteiger partial charge on any atom is -0.245 e. The van der Waals surface area contributed by atoms with Gasteiger partial charge in [-0.3, -0.25) is 0 Å². The molecule has 0 fully saturated rings. The summed E-state index contributed by atoms with van der Waals surface area (Å²) in [6.07, 6.45) is 0. The summed E-state index contributed by atoms with van der Waals surface area (Å²) >= 11 is 4.13. The molecule has 0 unspecified atom stereocenters. The van der Waals surface area contributed by atoms with Gasteiger partial charge in [0.1, 0.15) is 0 Å². The van der Waals surface area contributed by atoms with Gasteiger partial charge in [0.2, 0.25) is 0 Å². The van der Waals surface area contributed by atoms with E-state index < -0.39 is 0 Å². The van der Waals surface area contributed by atoms with Crippen LogP contribution in [0.4, 0.5) is 0 Å². The Balaban J connectivity index is 3.13. The first-order valence-electron chi connectivity index (χ1n) is 3.54. The van der Waals surface area contributed by atoms with E-state index in [4.69, 9.17) is 0 Å². The summed E-state index contributed by atoms with van der Waals surface area (Å²) in [7, 11) is 0. The van der Waals surface area contributed by atoms with Gasteiger partial charge in [0.15, 0.2) is 0 Å². The first kappa shape index (κ1) is 9.45. The maximum absolute atomic E-state index is 4.49. The summed E-state index contributed by atoms with van der Waals surface area (Å²) in [5, 5.41) is 1.17. The Hall–Kier alpha value is 0.360. The van der Waals surface area contributed by atoms with E-state index in [9.17, 15) is 0 Å². The van der Waals surface area contributed by atoms with Crippen LogP contribution in [0.1, 0.15) is 31.5 Å². The van der Waals surface area contributed by atoms with Gasteiger partial charge in [0, 0.05) is 5.41 Å². The van der Waals surface area contributed by atoms with Crippen LogP contribution in [0.3, 0.4) is 0 Å². The van der Waals surface area contributed by atoms with Crippen LogP contribution in [-0.2, 0) is 5.41 Å². The molecule has 0 aliphatic rings. The predicted molar refractivity (Wildman–Crippen MR) is 58.3 cm³/mol. The average molecular weight is 281 g/mol. The number of rotatable bonds is 0. The first-order chi connectivity index (χ1) is 4.91. The van der Waals surface area contributed by atoms with Crippen molar-refractivity contribution in [3.8, 4) is 0 Å². The Morgan fingerprint density at radius 3 is 2.09 bits per heavy atom. The molecule has 0 atom stereocenters. The van der Waals surface area contributed by atoms with Gasteiger partial charge in [-0.2, -0.15) is 0 Å². The van der Waals surface area contributed by atoms with Crippen LogP contribution in [-0.4, -0.2) is 4.98 Å². The van der Waals surface area contributed by atoms with Gasteiger partial charge in [0.25, 0.3) is 0 Å². The minimum absolute atomic E-state index is 0.196. The van der Waals surface area contributed by atoms with Gasteiger partial charge in [-0.25, -0.2) is 4.98 Å². The third-order valence-corrected chi connectivity index (χ3v) is 3.33. The monoisotopic (exact) mass is 281 g/mol. The van der Waals surface area contributed by atoms with Crippen LogP contribution in [0.25, 0.3) is 0 Å². The largest absolute Gasteiger partial charge is 0.245 e. The molecule has 0 N–H and O–H groups in total. The minimum atomic E-state index is 0.196. The third kappa shape index (κ3) is 2.15. The summed E-state index contributed by atoms with van der Waals surface area (Å²) in [5.41, 5.74) is 1.43. The van der Waals surface area contributed by atoms with Crippen molar-refractivity contribution in [2.75, 3.05) is 0 Å². The Labute approximate surface area is 85.4 Å². The normalized spacial score (nSPS) is 12.1. The van der Waals surface area contributed by atoms with Gasteiger partial charge in [-0.1, -0.05) is 20.8 Å². The SMILES string of the molecule is Cc1nc(C(C)(C)C)c(I)s1. The molecule has 0 bridgehead atoms. The van der Waals surface area contributed by atoms with Crippen molar-refractivity contribution in [2.24, 2.45) is 0 Å². The number of thiazole rings is 1. The third-order valence-electron chi connectivity index (χ3n) is 1.40. The summed E-state index contributed by atoms with van der Waals surface area (Å²) in [5.74, 6) is 0. The quantitative estimate of drug-likeness (QED) is 0.664. The van der Waals surface area contributed by atoms with E-state index in [0.29, 0.717) is 0 Å². The van der Waals surface area contributed by atoms with Gasteiger partial charge in [0.05, 0.1) is 13.6 Å².